The van der Waals surface area contributed by atoms with Gasteiger partial charge in [-0.3, -0.25) is 9.59 Å². The molecule has 0 aliphatic carbocycles. The number of carboxylic acid groups (broad SMARTS) is 1. The van der Waals surface area contributed by atoms with E-state index in [1.54, 1.807) is 18.2 Å². The number of carbonyl (C=O) groups excluding carboxylic acids is 1. The highest BCUT2D eigenvalue weighted by Crippen LogP contribution is 2.55. The van der Waals surface area contributed by atoms with Crippen LogP contribution in [0.4, 0.5) is 0 Å². The quantitative estimate of drug-likeness (QED) is 0.910. The smallest absolute Gasteiger partial charge is 0.307 e. The van der Waals surface area contributed by atoms with Gasteiger partial charge in [-0.25, -0.2) is 0 Å². The van der Waals surface area contributed by atoms with E-state index in [1.807, 2.05) is 35.3 Å². The van der Waals surface area contributed by atoms with Crippen LogP contribution in [-0.4, -0.2) is 22.4 Å². The second-order valence-corrected chi connectivity index (χ2v) is 7.24. The van der Waals surface area contributed by atoms with Gasteiger partial charge in [0, 0.05) is 5.56 Å². The van der Waals surface area contributed by atoms with Crippen molar-refractivity contribution in [2.24, 2.45) is 0 Å². The zero-order chi connectivity index (χ0) is 13.2. The summed E-state index contributed by atoms with van der Waals surface area (Å²) in [4.78, 5) is 23.0. The molecule has 0 aromatic heterocycles. The zero-order valence-corrected chi connectivity index (χ0v) is 10.8. The van der Waals surface area contributed by atoms with Crippen LogP contribution in [0, 0.1) is 0 Å². The molecule has 94 valence electrons. The predicted octanol–water partition coefficient (Wildman–Crippen LogP) is 3.15. The molecule has 1 aromatic rings. The monoisotopic (exact) mass is 262 g/mol. The summed E-state index contributed by atoms with van der Waals surface area (Å²) >= 11 is 0. The van der Waals surface area contributed by atoms with Crippen molar-refractivity contribution < 1.29 is 14.7 Å². The largest absolute Gasteiger partial charge is 0.481 e. The van der Waals surface area contributed by atoms with Crippen LogP contribution in [0.2, 0.25) is 0 Å². The number of benzene rings is 1. The highest BCUT2D eigenvalue weighted by molar-refractivity contribution is 8.49. The number of allylic oxidation sites excluding steroid dienone is 1. The third-order valence-corrected chi connectivity index (χ3v) is 5.25. The lowest BCUT2D eigenvalue weighted by molar-refractivity contribution is -0.136. The third kappa shape index (κ3) is 2.54. The van der Waals surface area contributed by atoms with Crippen LogP contribution in [0.5, 0.6) is 0 Å². The maximum absolute atomic E-state index is 12.4. The maximum atomic E-state index is 12.4. The Hall–Kier alpha value is -1.81. The van der Waals surface area contributed by atoms with Crippen molar-refractivity contribution >= 4 is 21.1 Å². The van der Waals surface area contributed by atoms with Crippen LogP contribution >= 0.6 is 10.0 Å². The van der Waals surface area contributed by atoms with Crippen LogP contribution < -0.4 is 0 Å². The highest BCUT2D eigenvalue weighted by atomic mass is 32.3. The van der Waals surface area contributed by atoms with Crippen LogP contribution in [0.15, 0.2) is 52.8 Å². The fraction of sp³-hybridized carbons (Fsp3) is 0.143. The van der Waals surface area contributed by atoms with E-state index in [0.29, 0.717) is 11.1 Å². The van der Waals surface area contributed by atoms with Crippen molar-refractivity contribution in [1.82, 2.24) is 0 Å². The minimum absolute atomic E-state index is 0.0266. The average Bonchev–Trinajstić information content (AvgIpc) is 2.71. The molecular weight excluding hydrogens is 248 g/mol. The van der Waals surface area contributed by atoms with E-state index in [2.05, 4.69) is 0 Å². The van der Waals surface area contributed by atoms with Crippen molar-refractivity contribution in [3.05, 3.63) is 58.4 Å². The zero-order valence-electron chi connectivity index (χ0n) is 10.00. The first-order chi connectivity index (χ1) is 8.51. The summed E-state index contributed by atoms with van der Waals surface area (Å²) in [7, 11) is -1.68. The number of hydrogen-bond acceptors (Lipinski definition) is 2. The van der Waals surface area contributed by atoms with Crippen molar-refractivity contribution in [2.75, 3.05) is 6.26 Å². The molecule has 18 heavy (non-hydrogen) atoms. The third-order valence-electron chi connectivity index (χ3n) is 2.73. The van der Waals surface area contributed by atoms with Gasteiger partial charge in [-0.15, -0.1) is 10.0 Å². The van der Waals surface area contributed by atoms with Crippen molar-refractivity contribution in [1.29, 1.82) is 0 Å². The van der Waals surface area contributed by atoms with Crippen molar-refractivity contribution in [2.45, 2.75) is 6.42 Å². The Balaban J connectivity index is 2.24. The molecule has 2 rings (SSSR count). The second-order valence-electron chi connectivity index (χ2n) is 4.27. The molecule has 3 nitrogen and oxygen atoms in total. The lowest BCUT2D eigenvalue weighted by atomic mass is 10.2. The van der Waals surface area contributed by atoms with Crippen LogP contribution in [-0.2, 0) is 4.79 Å². The first-order valence-electron chi connectivity index (χ1n) is 5.49. The second kappa shape index (κ2) is 4.82. The SMILES string of the molecule is CS1(C(=O)c2ccccc2)C=CC(CC(=O)O)=C1. The number of aliphatic carboxylic acids is 1. The molecular formula is C14H14O3S. The van der Waals surface area contributed by atoms with E-state index in [0.717, 1.165) is 0 Å². The first-order valence-corrected chi connectivity index (χ1v) is 7.66. The summed E-state index contributed by atoms with van der Waals surface area (Å²) in [5.41, 5.74) is 1.39. The predicted molar refractivity (Wildman–Crippen MR) is 73.8 cm³/mol. The number of carbonyl (C=O) groups is 2. The molecule has 1 atom stereocenters. The summed E-state index contributed by atoms with van der Waals surface area (Å²) in [5.74, 6) is -0.873. The number of hydrogen-bond donors (Lipinski definition) is 1. The van der Waals surface area contributed by atoms with Gasteiger partial charge in [-0.05, 0) is 22.6 Å². The Morgan fingerprint density at radius 3 is 2.50 bits per heavy atom. The molecule has 4 heteroatoms. The molecule has 1 aliphatic heterocycles. The first kappa shape index (κ1) is 12.6. The molecule has 0 fully saturated rings. The van der Waals surface area contributed by atoms with E-state index in [1.165, 1.54) is 0 Å². The molecule has 1 unspecified atom stereocenters. The minimum Gasteiger partial charge on any atom is -0.481 e. The Morgan fingerprint density at radius 2 is 1.89 bits per heavy atom. The van der Waals surface area contributed by atoms with Gasteiger partial charge in [-0.2, -0.15) is 0 Å². The van der Waals surface area contributed by atoms with Gasteiger partial charge in [0.25, 0.3) is 0 Å². The number of carboxylic acids is 1. The van der Waals surface area contributed by atoms with Gasteiger partial charge in [-0.1, -0.05) is 36.4 Å². The average molecular weight is 262 g/mol. The topological polar surface area (TPSA) is 54.4 Å². The molecule has 0 saturated heterocycles. The lowest BCUT2D eigenvalue weighted by Gasteiger charge is -2.23. The van der Waals surface area contributed by atoms with Crippen LogP contribution in [0.3, 0.4) is 0 Å². The van der Waals surface area contributed by atoms with Gasteiger partial charge >= 0.3 is 5.97 Å². The Labute approximate surface area is 107 Å². The number of rotatable bonds is 3. The molecule has 0 bridgehead atoms. The van der Waals surface area contributed by atoms with E-state index in [9.17, 15) is 9.59 Å². The van der Waals surface area contributed by atoms with Gasteiger partial charge in [0.1, 0.15) is 0 Å². The molecule has 1 heterocycles. The van der Waals surface area contributed by atoms with Gasteiger partial charge < -0.3 is 5.11 Å². The molecule has 0 saturated carbocycles. The summed E-state index contributed by atoms with van der Waals surface area (Å²) < 4.78 is 0. The van der Waals surface area contributed by atoms with E-state index in [4.69, 9.17) is 5.11 Å². The normalized spacial score (nSPS) is 25.3. The lowest BCUT2D eigenvalue weighted by Crippen LogP contribution is -2.05. The Bertz CT molecular complexity index is 545. The van der Waals surface area contributed by atoms with Gasteiger partial charge in [0.15, 0.2) is 0 Å². The minimum atomic E-state index is -1.68. The Morgan fingerprint density at radius 1 is 1.22 bits per heavy atom. The molecule has 1 aromatic carbocycles. The fourth-order valence-electron chi connectivity index (χ4n) is 1.84. The molecule has 0 spiro atoms. The Kier molecular flexibility index (Phi) is 3.39. The summed E-state index contributed by atoms with van der Waals surface area (Å²) in [6.07, 6.45) is 3.61. The fourth-order valence-corrected chi connectivity index (χ4v) is 4.04. The summed E-state index contributed by atoms with van der Waals surface area (Å²) in [6.45, 7) is 0. The maximum Gasteiger partial charge on any atom is 0.307 e. The van der Waals surface area contributed by atoms with Crippen molar-refractivity contribution in [3.63, 3.8) is 0 Å². The van der Waals surface area contributed by atoms with E-state index in [-0.39, 0.29) is 11.5 Å². The van der Waals surface area contributed by atoms with Crippen molar-refractivity contribution in [3.8, 4) is 0 Å². The van der Waals surface area contributed by atoms with Crippen LogP contribution in [0.1, 0.15) is 16.8 Å². The summed E-state index contributed by atoms with van der Waals surface area (Å²) in [6, 6.07) is 9.10. The molecule has 0 amide bonds. The van der Waals surface area contributed by atoms with Crippen LogP contribution in [0.25, 0.3) is 0 Å². The molecule has 1 N–H and O–H groups in total. The molecule has 1 aliphatic rings. The molecule has 0 radical (unpaired) electrons. The standard InChI is InChI=1S/C14H14O3S/c1-18(8-7-11(10-18)9-13(15)16)14(17)12-5-3-2-4-6-12/h2-8,10H,9H2,1H3,(H,15,16). The van der Waals surface area contributed by atoms with E-state index >= 15 is 0 Å². The van der Waals surface area contributed by atoms with E-state index < -0.39 is 16.0 Å². The van der Waals surface area contributed by atoms with Gasteiger partial charge in [0.2, 0.25) is 5.12 Å². The van der Waals surface area contributed by atoms with Gasteiger partial charge in [0.05, 0.1) is 6.42 Å². The summed E-state index contributed by atoms with van der Waals surface area (Å²) in [5, 5.41) is 12.5. The highest BCUT2D eigenvalue weighted by Gasteiger charge is 2.27.